The molecule has 2 aliphatic heterocycles. The molecular formula is C39H52N4O13. The van der Waals surface area contributed by atoms with Crippen LogP contribution >= 0.6 is 0 Å². The molecule has 56 heavy (non-hydrogen) atoms. The number of nitrogens with one attached hydrogen (secondary N) is 1. The monoisotopic (exact) mass is 784 g/mol. The van der Waals surface area contributed by atoms with Crippen LogP contribution in [0.15, 0.2) is 78.4 Å². The lowest BCUT2D eigenvalue weighted by Crippen LogP contribution is -2.66. The molecule has 4 N–H and O–H groups in total. The van der Waals surface area contributed by atoms with Gasteiger partial charge in [0.1, 0.15) is 37.1 Å². The van der Waals surface area contributed by atoms with Crippen molar-refractivity contribution in [3.63, 3.8) is 0 Å². The van der Waals surface area contributed by atoms with Gasteiger partial charge in [0.25, 0.3) is 0 Å². The molecule has 14 atom stereocenters. The van der Waals surface area contributed by atoms with Gasteiger partial charge in [0.05, 0.1) is 63.3 Å². The SMILES string of the molecule is C=CCOC(=O)NC1C(O)[C@@H](O)[C@H](CO)O[C@H]1O[C@@H]1CC(C(=O)OC)CC(N=[N+]=[N-])[C@H]1O[C@@H]1OC(C)[C@@H](C)[C@H](OCc2ccccc2)C1OCc1ccccc1. The molecule has 17 heteroatoms. The van der Waals surface area contributed by atoms with Gasteiger partial charge in [-0.3, -0.25) is 4.79 Å². The summed E-state index contributed by atoms with van der Waals surface area (Å²) in [4.78, 5) is 28.7. The summed E-state index contributed by atoms with van der Waals surface area (Å²) in [6.07, 6.45) is -11.0. The van der Waals surface area contributed by atoms with E-state index in [4.69, 9.17) is 37.9 Å². The number of esters is 1. The van der Waals surface area contributed by atoms with Gasteiger partial charge in [0.2, 0.25) is 0 Å². The van der Waals surface area contributed by atoms with Gasteiger partial charge in [0.15, 0.2) is 12.6 Å². The molecular weight excluding hydrogens is 732 g/mol. The number of aliphatic hydroxyl groups is 3. The molecule has 3 aliphatic rings. The zero-order valence-corrected chi connectivity index (χ0v) is 31.6. The van der Waals surface area contributed by atoms with E-state index >= 15 is 0 Å². The minimum Gasteiger partial charge on any atom is -0.469 e. The average Bonchev–Trinajstić information content (AvgIpc) is 3.21. The van der Waals surface area contributed by atoms with E-state index in [-0.39, 0.29) is 38.6 Å². The molecule has 1 aliphatic carbocycles. The molecule has 306 valence electrons. The number of alkyl carbamates (subject to hydrolysis) is 1. The summed E-state index contributed by atoms with van der Waals surface area (Å²) in [5.41, 5.74) is 11.6. The summed E-state index contributed by atoms with van der Waals surface area (Å²) < 4.78 is 48.9. The van der Waals surface area contributed by atoms with Gasteiger partial charge >= 0.3 is 12.1 Å². The molecule has 0 radical (unpaired) electrons. The first kappa shape index (κ1) is 43.0. The molecule has 6 unspecified atom stereocenters. The number of ether oxygens (including phenoxy) is 8. The van der Waals surface area contributed by atoms with Crippen molar-refractivity contribution in [2.24, 2.45) is 17.0 Å². The number of nitrogens with zero attached hydrogens (tertiary/aromatic N) is 3. The average molecular weight is 785 g/mol. The van der Waals surface area contributed by atoms with E-state index in [0.29, 0.717) is 0 Å². The Morgan fingerprint density at radius 3 is 2.16 bits per heavy atom. The predicted molar refractivity (Wildman–Crippen MR) is 197 cm³/mol. The number of rotatable bonds is 16. The molecule has 3 fully saturated rings. The largest absolute Gasteiger partial charge is 0.469 e. The minimum absolute atomic E-state index is 0.0189. The Balaban J connectivity index is 1.49. The number of benzene rings is 2. The number of hydrogen-bond donors (Lipinski definition) is 4. The van der Waals surface area contributed by atoms with Gasteiger partial charge < -0.3 is 58.5 Å². The Labute approximate surface area is 325 Å². The van der Waals surface area contributed by atoms with Crippen molar-refractivity contribution in [2.45, 2.75) is 113 Å². The lowest BCUT2D eigenvalue weighted by Gasteiger charge is -2.49. The third kappa shape index (κ3) is 10.8. The number of carbonyl (C=O) groups excluding carboxylic acids is 2. The Kier molecular flexibility index (Phi) is 16.0. The number of amides is 1. The number of methoxy groups -OCH3 is 1. The van der Waals surface area contributed by atoms with E-state index in [2.05, 4.69) is 21.9 Å². The van der Waals surface area contributed by atoms with Crippen LogP contribution in [-0.2, 0) is 55.9 Å². The molecule has 2 aromatic rings. The first-order valence-electron chi connectivity index (χ1n) is 18.6. The Hall–Kier alpha value is -4.13. The molecule has 0 spiro atoms. The van der Waals surface area contributed by atoms with Crippen LogP contribution in [0.1, 0.15) is 37.8 Å². The minimum atomic E-state index is -1.70. The fourth-order valence-corrected chi connectivity index (χ4v) is 7.22. The van der Waals surface area contributed by atoms with Crippen LogP contribution in [0.3, 0.4) is 0 Å². The lowest BCUT2D eigenvalue weighted by molar-refractivity contribution is -0.336. The first-order chi connectivity index (χ1) is 27.1. The van der Waals surface area contributed by atoms with Crippen LogP contribution in [0, 0.1) is 11.8 Å². The van der Waals surface area contributed by atoms with E-state index in [1.54, 1.807) is 0 Å². The molecule has 2 heterocycles. The summed E-state index contributed by atoms with van der Waals surface area (Å²) in [6, 6.07) is 16.8. The second-order valence-electron chi connectivity index (χ2n) is 14.1. The van der Waals surface area contributed by atoms with Crippen LogP contribution in [0.2, 0.25) is 0 Å². The molecule has 0 aromatic heterocycles. The number of carbonyl (C=O) groups is 2. The van der Waals surface area contributed by atoms with Crippen LogP contribution < -0.4 is 5.32 Å². The highest BCUT2D eigenvalue weighted by atomic mass is 16.7. The normalized spacial score (nSPS) is 34.4. The van der Waals surface area contributed by atoms with Gasteiger partial charge in [-0.2, -0.15) is 0 Å². The summed E-state index contributed by atoms with van der Waals surface area (Å²) in [7, 11) is 1.23. The Morgan fingerprint density at radius 1 is 0.929 bits per heavy atom. The standard InChI is InChI=1S/C39H52N4O13/c1-5-16-50-39(48)41-30-32(46)31(45)29(19-44)55-37(30)54-28-18-26(36(47)49-4)17-27(42-43-40)34(28)56-38-35(52-21-25-14-10-7-11-15-25)33(22(2)23(3)53-38)51-20-24-12-8-6-9-13-24/h5-15,22-23,26-35,37-38,44-46H,1,16-21H2,2-4H3,(H,41,48)/t22-,23?,26?,27?,28-,29+,30?,31+,32?,33+,34-,35?,37-,38+/m1/s1. The van der Waals surface area contributed by atoms with Crippen molar-refractivity contribution < 1.29 is 62.8 Å². The van der Waals surface area contributed by atoms with E-state index < -0.39 is 98.1 Å². The maximum absolute atomic E-state index is 13.0. The van der Waals surface area contributed by atoms with Crippen LogP contribution in [0.5, 0.6) is 0 Å². The maximum Gasteiger partial charge on any atom is 0.407 e. The second-order valence-corrected chi connectivity index (χ2v) is 14.1. The third-order valence-electron chi connectivity index (χ3n) is 10.4. The second kappa shape index (κ2) is 20.9. The fraction of sp³-hybridized carbons (Fsp3) is 0.590. The van der Waals surface area contributed by atoms with Gasteiger partial charge in [0, 0.05) is 10.8 Å². The summed E-state index contributed by atoms with van der Waals surface area (Å²) in [6.45, 7) is 7.00. The van der Waals surface area contributed by atoms with Gasteiger partial charge in [-0.05, 0) is 36.4 Å². The van der Waals surface area contributed by atoms with Crippen molar-refractivity contribution in [3.05, 3.63) is 94.9 Å². The quantitative estimate of drug-likeness (QED) is 0.0631. The molecule has 1 amide bonds. The molecule has 1 saturated carbocycles. The molecule has 17 nitrogen and oxygen atoms in total. The van der Waals surface area contributed by atoms with Crippen molar-refractivity contribution in [1.82, 2.24) is 5.32 Å². The van der Waals surface area contributed by atoms with Crippen molar-refractivity contribution >= 4 is 12.1 Å². The Morgan fingerprint density at radius 2 is 1.57 bits per heavy atom. The molecule has 2 saturated heterocycles. The number of azide groups is 1. The molecule has 0 bridgehead atoms. The highest BCUT2D eigenvalue weighted by Gasteiger charge is 2.52. The zero-order valence-electron chi connectivity index (χ0n) is 31.6. The third-order valence-corrected chi connectivity index (χ3v) is 10.4. The van der Waals surface area contributed by atoms with E-state index in [1.165, 1.54) is 13.2 Å². The summed E-state index contributed by atoms with van der Waals surface area (Å²) >= 11 is 0. The van der Waals surface area contributed by atoms with Gasteiger partial charge in [-0.15, -0.1) is 0 Å². The van der Waals surface area contributed by atoms with Gasteiger partial charge in [-0.25, -0.2) is 4.79 Å². The fourth-order valence-electron chi connectivity index (χ4n) is 7.22. The number of hydrogen-bond acceptors (Lipinski definition) is 14. The smallest absolute Gasteiger partial charge is 0.407 e. The summed E-state index contributed by atoms with van der Waals surface area (Å²) in [5.74, 6) is -1.60. The topological polar surface area (TPSA) is 229 Å². The summed E-state index contributed by atoms with van der Waals surface area (Å²) in [5, 5.41) is 38.3. The van der Waals surface area contributed by atoms with Crippen molar-refractivity contribution in [3.8, 4) is 0 Å². The van der Waals surface area contributed by atoms with Crippen molar-refractivity contribution in [1.29, 1.82) is 0 Å². The Bertz CT molecular complexity index is 1600. The highest BCUT2D eigenvalue weighted by Crippen LogP contribution is 2.39. The van der Waals surface area contributed by atoms with Crippen LogP contribution in [-0.4, -0.2) is 121 Å². The van der Waals surface area contributed by atoms with Crippen LogP contribution in [0.25, 0.3) is 10.4 Å². The highest BCUT2D eigenvalue weighted by molar-refractivity contribution is 5.72. The molecule has 5 rings (SSSR count). The van der Waals surface area contributed by atoms with Crippen LogP contribution in [0.4, 0.5) is 4.79 Å². The first-order valence-corrected chi connectivity index (χ1v) is 18.6. The maximum atomic E-state index is 13.0. The van der Waals surface area contributed by atoms with E-state index in [1.807, 2.05) is 74.5 Å². The van der Waals surface area contributed by atoms with E-state index in [0.717, 1.165) is 11.1 Å². The molecule has 2 aromatic carbocycles. The van der Waals surface area contributed by atoms with Gasteiger partial charge in [-0.1, -0.05) is 85.4 Å². The van der Waals surface area contributed by atoms with Crippen molar-refractivity contribution in [2.75, 3.05) is 20.3 Å². The van der Waals surface area contributed by atoms with E-state index in [9.17, 15) is 30.4 Å². The predicted octanol–water partition coefficient (Wildman–Crippen LogP) is 3.29. The number of aliphatic hydroxyl groups excluding tert-OH is 3. The lowest BCUT2D eigenvalue weighted by atomic mass is 9.81. The zero-order chi connectivity index (χ0) is 40.2.